The van der Waals surface area contributed by atoms with Gasteiger partial charge in [-0.1, -0.05) is 12.1 Å². The Morgan fingerprint density at radius 3 is 2.33 bits per heavy atom. The SMILES string of the molecule is CCOC(=O)[C@H](Cc1ccc(O)cc1)N1C(=O)CCC1=O. The van der Waals surface area contributed by atoms with Crippen LogP contribution in [0.3, 0.4) is 0 Å². The van der Waals surface area contributed by atoms with E-state index < -0.39 is 12.0 Å². The van der Waals surface area contributed by atoms with Gasteiger partial charge in [0, 0.05) is 19.3 Å². The number of carbonyl (C=O) groups excluding carboxylic acids is 3. The van der Waals surface area contributed by atoms with Gasteiger partial charge in [0.05, 0.1) is 6.61 Å². The van der Waals surface area contributed by atoms with Gasteiger partial charge in [0.2, 0.25) is 11.8 Å². The molecule has 1 atom stereocenters. The summed E-state index contributed by atoms with van der Waals surface area (Å²) < 4.78 is 4.97. The van der Waals surface area contributed by atoms with E-state index in [0.29, 0.717) is 0 Å². The van der Waals surface area contributed by atoms with E-state index >= 15 is 0 Å². The molecule has 1 aliphatic rings. The van der Waals surface area contributed by atoms with Crippen molar-refractivity contribution in [2.24, 2.45) is 0 Å². The summed E-state index contributed by atoms with van der Waals surface area (Å²) in [7, 11) is 0. The minimum absolute atomic E-state index is 0.111. The summed E-state index contributed by atoms with van der Waals surface area (Å²) in [5, 5.41) is 9.27. The van der Waals surface area contributed by atoms with Crippen molar-refractivity contribution in [2.45, 2.75) is 32.2 Å². The van der Waals surface area contributed by atoms with Gasteiger partial charge in [0.1, 0.15) is 11.8 Å². The average molecular weight is 291 g/mol. The van der Waals surface area contributed by atoms with Crippen molar-refractivity contribution in [1.82, 2.24) is 4.90 Å². The van der Waals surface area contributed by atoms with Crippen LogP contribution in [0.2, 0.25) is 0 Å². The van der Waals surface area contributed by atoms with Crippen molar-refractivity contribution in [3.05, 3.63) is 29.8 Å². The first kappa shape index (κ1) is 15.0. The lowest BCUT2D eigenvalue weighted by Gasteiger charge is -2.24. The van der Waals surface area contributed by atoms with Crippen LogP contribution in [0.15, 0.2) is 24.3 Å². The number of likely N-dealkylation sites (tertiary alicyclic amines) is 1. The second-order valence-electron chi connectivity index (χ2n) is 4.80. The van der Waals surface area contributed by atoms with E-state index in [2.05, 4.69) is 0 Å². The second kappa shape index (κ2) is 6.39. The molecule has 0 aromatic heterocycles. The van der Waals surface area contributed by atoms with Crippen LogP contribution in [0.5, 0.6) is 5.75 Å². The molecule has 2 rings (SSSR count). The van der Waals surface area contributed by atoms with Crippen LogP contribution in [0.1, 0.15) is 25.3 Å². The Labute approximate surface area is 122 Å². The van der Waals surface area contributed by atoms with Gasteiger partial charge in [0.25, 0.3) is 0 Å². The maximum Gasteiger partial charge on any atom is 0.329 e. The molecular weight excluding hydrogens is 274 g/mol. The molecule has 2 amide bonds. The molecule has 0 unspecified atom stereocenters. The molecule has 6 heteroatoms. The number of hydrogen-bond donors (Lipinski definition) is 1. The summed E-state index contributed by atoms with van der Waals surface area (Å²) in [5.41, 5.74) is 0.735. The largest absolute Gasteiger partial charge is 0.508 e. The second-order valence-corrected chi connectivity index (χ2v) is 4.80. The van der Waals surface area contributed by atoms with E-state index in [1.165, 1.54) is 12.1 Å². The van der Waals surface area contributed by atoms with E-state index in [4.69, 9.17) is 4.74 Å². The predicted octanol–water partition coefficient (Wildman–Crippen LogP) is 1.02. The van der Waals surface area contributed by atoms with Crippen molar-refractivity contribution >= 4 is 17.8 Å². The molecule has 1 aliphatic heterocycles. The number of hydrogen-bond acceptors (Lipinski definition) is 5. The summed E-state index contributed by atoms with van der Waals surface area (Å²) in [4.78, 5) is 36.8. The number of amides is 2. The van der Waals surface area contributed by atoms with Crippen LogP contribution < -0.4 is 0 Å². The lowest BCUT2D eigenvalue weighted by atomic mass is 10.0. The first-order chi connectivity index (χ1) is 10.0. The zero-order valence-electron chi connectivity index (χ0n) is 11.7. The highest BCUT2D eigenvalue weighted by Gasteiger charge is 2.39. The maximum atomic E-state index is 12.1. The van der Waals surface area contributed by atoms with E-state index in [9.17, 15) is 19.5 Å². The lowest BCUT2D eigenvalue weighted by molar-refractivity contribution is -0.157. The molecule has 1 N–H and O–H groups in total. The zero-order valence-corrected chi connectivity index (χ0v) is 11.7. The third-order valence-corrected chi connectivity index (χ3v) is 3.33. The lowest BCUT2D eigenvalue weighted by Crippen LogP contribution is -2.46. The highest BCUT2D eigenvalue weighted by Crippen LogP contribution is 2.20. The van der Waals surface area contributed by atoms with Gasteiger partial charge >= 0.3 is 5.97 Å². The molecule has 112 valence electrons. The smallest absolute Gasteiger partial charge is 0.329 e. The van der Waals surface area contributed by atoms with E-state index in [1.54, 1.807) is 19.1 Å². The quantitative estimate of drug-likeness (QED) is 0.646. The number of esters is 1. The first-order valence-corrected chi connectivity index (χ1v) is 6.82. The Kier molecular flexibility index (Phi) is 4.57. The van der Waals surface area contributed by atoms with Crippen molar-refractivity contribution in [3.8, 4) is 5.75 Å². The number of benzene rings is 1. The molecular formula is C15H17NO5. The van der Waals surface area contributed by atoms with Crippen LogP contribution in [0.25, 0.3) is 0 Å². The summed E-state index contributed by atoms with van der Waals surface area (Å²) in [6, 6.07) is 5.33. The molecule has 1 fully saturated rings. The zero-order chi connectivity index (χ0) is 15.4. The van der Waals surface area contributed by atoms with Crippen LogP contribution in [-0.4, -0.2) is 40.4 Å². The van der Waals surface area contributed by atoms with Crippen molar-refractivity contribution in [2.75, 3.05) is 6.61 Å². The fourth-order valence-electron chi connectivity index (χ4n) is 2.32. The number of ether oxygens (including phenoxy) is 1. The number of nitrogens with zero attached hydrogens (tertiary/aromatic N) is 1. The highest BCUT2D eigenvalue weighted by atomic mass is 16.5. The molecule has 21 heavy (non-hydrogen) atoms. The molecule has 0 radical (unpaired) electrons. The van der Waals surface area contributed by atoms with Crippen molar-refractivity contribution in [1.29, 1.82) is 0 Å². The fourth-order valence-corrected chi connectivity index (χ4v) is 2.32. The Morgan fingerprint density at radius 1 is 1.24 bits per heavy atom. The fraction of sp³-hybridized carbons (Fsp3) is 0.400. The predicted molar refractivity (Wildman–Crippen MR) is 73.3 cm³/mol. The summed E-state index contributed by atoms with van der Waals surface area (Å²) in [6.07, 6.45) is 0.436. The number of rotatable bonds is 5. The van der Waals surface area contributed by atoms with Gasteiger partial charge < -0.3 is 9.84 Å². The molecule has 0 spiro atoms. The van der Waals surface area contributed by atoms with Gasteiger partial charge in [-0.2, -0.15) is 0 Å². The summed E-state index contributed by atoms with van der Waals surface area (Å²) in [5.74, 6) is -1.18. The van der Waals surface area contributed by atoms with E-state index in [1.807, 2.05) is 0 Å². The summed E-state index contributed by atoms with van der Waals surface area (Å²) >= 11 is 0. The minimum atomic E-state index is -0.947. The van der Waals surface area contributed by atoms with Crippen LogP contribution in [0.4, 0.5) is 0 Å². The Morgan fingerprint density at radius 2 is 1.81 bits per heavy atom. The molecule has 1 aromatic carbocycles. The maximum absolute atomic E-state index is 12.1. The number of phenols is 1. The Hall–Kier alpha value is -2.37. The van der Waals surface area contributed by atoms with Gasteiger partial charge in [-0.15, -0.1) is 0 Å². The number of carbonyl (C=O) groups is 3. The monoisotopic (exact) mass is 291 g/mol. The number of aromatic hydroxyl groups is 1. The van der Waals surface area contributed by atoms with Crippen molar-refractivity contribution < 1.29 is 24.2 Å². The van der Waals surface area contributed by atoms with Gasteiger partial charge in [0.15, 0.2) is 0 Å². The normalized spacial score (nSPS) is 16.1. The van der Waals surface area contributed by atoms with Gasteiger partial charge in [-0.05, 0) is 24.6 Å². The van der Waals surface area contributed by atoms with E-state index in [-0.39, 0.29) is 43.4 Å². The highest BCUT2D eigenvalue weighted by molar-refractivity contribution is 6.05. The Balaban J connectivity index is 2.23. The Bertz CT molecular complexity index is 536. The third-order valence-electron chi connectivity index (χ3n) is 3.33. The number of imide groups is 1. The first-order valence-electron chi connectivity index (χ1n) is 6.82. The molecule has 1 saturated heterocycles. The molecule has 6 nitrogen and oxygen atoms in total. The van der Waals surface area contributed by atoms with Crippen molar-refractivity contribution in [3.63, 3.8) is 0 Å². The van der Waals surface area contributed by atoms with Crippen LogP contribution in [-0.2, 0) is 25.5 Å². The van der Waals surface area contributed by atoms with Crippen LogP contribution >= 0.6 is 0 Å². The average Bonchev–Trinajstić information content (AvgIpc) is 2.78. The molecule has 1 aromatic rings. The van der Waals surface area contributed by atoms with E-state index in [0.717, 1.165) is 10.5 Å². The third kappa shape index (κ3) is 3.39. The molecule has 1 heterocycles. The topological polar surface area (TPSA) is 83.9 Å². The summed E-state index contributed by atoms with van der Waals surface area (Å²) in [6.45, 7) is 1.85. The number of phenolic OH excluding ortho intramolecular Hbond substituents is 1. The molecule has 0 saturated carbocycles. The van der Waals surface area contributed by atoms with Gasteiger partial charge in [-0.3, -0.25) is 14.5 Å². The van der Waals surface area contributed by atoms with Gasteiger partial charge in [-0.25, -0.2) is 4.79 Å². The minimum Gasteiger partial charge on any atom is -0.508 e. The standard InChI is InChI=1S/C15H17NO5/c1-2-21-15(20)12(16-13(18)7-8-14(16)19)9-10-3-5-11(17)6-4-10/h3-6,12,17H,2,7-9H2,1H3/t12-/m0/s1. The molecule has 0 aliphatic carbocycles. The molecule has 0 bridgehead atoms. The van der Waals surface area contributed by atoms with Crippen LogP contribution in [0, 0.1) is 0 Å².